The maximum absolute atomic E-state index is 14.6. The molecular weight excluding hydrogens is 524 g/mol. The van der Waals surface area contributed by atoms with E-state index in [0.717, 1.165) is 5.57 Å². The molecule has 4 bridgehead atoms. The fraction of sp³-hybridized carbons (Fsp3) is 0.545. The molecule has 0 radical (unpaired) electrons. The van der Waals surface area contributed by atoms with E-state index in [1.54, 1.807) is 6.08 Å². The Bertz CT molecular complexity index is 1500. The summed E-state index contributed by atoms with van der Waals surface area (Å²) in [7, 11) is 0. The molecule has 1 saturated heterocycles. The van der Waals surface area contributed by atoms with Gasteiger partial charge < -0.3 is 24.4 Å². The first-order valence-electron chi connectivity index (χ1n) is 14.4. The van der Waals surface area contributed by atoms with E-state index < -0.39 is 40.2 Å². The molecule has 5 atom stereocenters. The SMILES string of the molecule is CC(C)=CCc1c2c(c(O)c3c1OC14C(CC5CC1C(C)(C)OC4(C/C=C(/C)C(=O)O)C5=O)C3=O)C=CC(C)(C)O2. The van der Waals surface area contributed by atoms with Crippen LogP contribution in [0.5, 0.6) is 17.2 Å². The van der Waals surface area contributed by atoms with Crippen LogP contribution < -0.4 is 9.47 Å². The van der Waals surface area contributed by atoms with Crippen LogP contribution in [-0.4, -0.2) is 50.2 Å². The molecule has 0 aromatic heterocycles. The molecule has 7 rings (SSSR count). The van der Waals surface area contributed by atoms with E-state index in [2.05, 4.69) is 0 Å². The van der Waals surface area contributed by atoms with E-state index >= 15 is 0 Å². The van der Waals surface area contributed by atoms with Gasteiger partial charge in [0.05, 0.1) is 17.1 Å². The maximum atomic E-state index is 14.6. The third kappa shape index (κ3) is 3.58. The third-order valence-electron chi connectivity index (χ3n) is 9.86. The summed E-state index contributed by atoms with van der Waals surface area (Å²) in [6.45, 7) is 13.1. The van der Waals surface area contributed by atoms with Gasteiger partial charge in [-0.25, -0.2) is 4.79 Å². The van der Waals surface area contributed by atoms with Crippen molar-refractivity contribution in [3.63, 3.8) is 0 Å². The minimum absolute atomic E-state index is 0.0218. The van der Waals surface area contributed by atoms with Crippen molar-refractivity contribution in [1.29, 1.82) is 0 Å². The Labute approximate surface area is 240 Å². The van der Waals surface area contributed by atoms with Gasteiger partial charge >= 0.3 is 5.97 Å². The van der Waals surface area contributed by atoms with Crippen LogP contribution in [0.3, 0.4) is 0 Å². The fourth-order valence-electron chi connectivity index (χ4n) is 8.01. The number of rotatable bonds is 5. The lowest BCUT2D eigenvalue weighted by molar-refractivity contribution is -0.199. The summed E-state index contributed by atoms with van der Waals surface area (Å²) in [6, 6.07) is 0. The van der Waals surface area contributed by atoms with Gasteiger partial charge in [0.2, 0.25) is 0 Å². The number of benzene rings is 1. The number of Topliss-reactive ketones (excluding diaryl/α,β-unsaturated/α-hetero) is 2. The highest BCUT2D eigenvalue weighted by molar-refractivity contribution is 6.09. The number of phenols is 1. The van der Waals surface area contributed by atoms with Crippen LogP contribution in [0.2, 0.25) is 0 Å². The number of aromatic hydroxyl groups is 1. The normalized spacial score (nSPS) is 33.3. The van der Waals surface area contributed by atoms with Crippen molar-refractivity contribution in [3.05, 3.63) is 46.1 Å². The molecule has 1 aromatic rings. The largest absolute Gasteiger partial charge is 0.506 e. The summed E-state index contributed by atoms with van der Waals surface area (Å²) < 4.78 is 20.2. The highest BCUT2D eigenvalue weighted by Gasteiger charge is 2.83. The molecule has 3 heterocycles. The van der Waals surface area contributed by atoms with Crippen LogP contribution in [0.25, 0.3) is 6.08 Å². The van der Waals surface area contributed by atoms with Crippen LogP contribution in [0.1, 0.15) is 89.2 Å². The number of allylic oxidation sites excluding steroid dienone is 2. The molecule has 218 valence electrons. The number of carbonyl (C=O) groups excluding carboxylic acids is 2. The lowest BCUT2D eigenvalue weighted by Gasteiger charge is -2.60. The first kappa shape index (κ1) is 27.8. The van der Waals surface area contributed by atoms with Crippen molar-refractivity contribution in [3.8, 4) is 17.2 Å². The van der Waals surface area contributed by atoms with Crippen molar-refractivity contribution in [2.75, 3.05) is 0 Å². The van der Waals surface area contributed by atoms with Gasteiger partial charge in [-0.15, -0.1) is 0 Å². The molecule has 0 amide bonds. The van der Waals surface area contributed by atoms with E-state index in [-0.39, 0.29) is 46.5 Å². The molecule has 8 nitrogen and oxygen atoms in total. The first-order chi connectivity index (χ1) is 19.1. The quantitative estimate of drug-likeness (QED) is 0.352. The minimum Gasteiger partial charge on any atom is -0.506 e. The second-order valence-electron chi connectivity index (χ2n) is 13.6. The molecule has 3 aliphatic carbocycles. The number of carbonyl (C=O) groups is 3. The number of carboxylic acid groups (broad SMARTS) is 1. The van der Waals surface area contributed by atoms with Crippen LogP contribution in [0, 0.1) is 17.8 Å². The summed E-state index contributed by atoms with van der Waals surface area (Å²) >= 11 is 0. The molecule has 6 aliphatic rings. The van der Waals surface area contributed by atoms with E-state index in [4.69, 9.17) is 14.2 Å². The van der Waals surface area contributed by atoms with Crippen LogP contribution in [0.15, 0.2) is 29.4 Å². The molecule has 3 saturated carbocycles. The summed E-state index contributed by atoms with van der Waals surface area (Å²) in [5.74, 6) is -2.46. The van der Waals surface area contributed by atoms with Crippen molar-refractivity contribution in [2.45, 2.75) is 96.6 Å². The monoisotopic (exact) mass is 562 g/mol. The number of carboxylic acids is 1. The summed E-state index contributed by atoms with van der Waals surface area (Å²) in [6.07, 6.45) is 8.37. The molecule has 41 heavy (non-hydrogen) atoms. The second-order valence-corrected chi connectivity index (χ2v) is 13.6. The Morgan fingerprint density at radius 2 is 1.76 bits per heavy atom. The van der Waals surface area contributed by atoms with Gasteiger partial charge in [-0.2, -0.15) is 0 Å². The summed E-state index contributed by atoms with van der Waals surface area (Å²) in [5.41, 5.74) is -2.02. The highest BCUT2D eigenvalue weighted by Crippen LogP contribution is 2.70. The minimum atomic E-state index is -1.55. The zero-order chi connectivity index (χ0) is 29.9. The average molecular weight is 563 g/mol. The zero-order valence-electron chi connectivity index (χ0n) is 24.7. The lowest BCUT2D eigenvalue weighted by atomic mass is 9.46. The Kier molecular flexibility index (Phi) is 5.80. The van der Waals surface area contributed by atoms with E-state index in [0.29, 0.717) is 36.1 Å². The van der Waals surface area contributed by atoms with Gasteiger partial charge in [0.1, 0.15) is 28.4 Å². The number of ether oxygens (including phenoxy) is 3. The predicted octanol–water partition coefficient (Wildman–Crippen LogP) is 5.59. The number of ketones is 2. The molecule has 1 spiro atoms. The Balaban J connectivity index is 1.64. The Hall–Kier alpha value is -3.39. The van der Waals surface area contributed by atoms with Gasteiger partial charge in [-0.1, -0.05) is 17.7 Å². The maximum Gasteiger partial charge on any atom is 0.330 e. The van der Waals surface area contributed by atoms with E-state index in [9.17, 15) is 24.6 Å². The summed E-state index contributed by atoms with van der Waals surface area (Å²) in [5, 5.41) is 21.1. The number of aliphatic carboxylic acids is 1. The molecule has 4 fully saturated rings. The molecule has 3 aliphatic heterocycles. The number of hydrogen-bond acceptors (Lipinski definition) is 7. The second kappa shape index (κ2) is 8.57. The molecule has 2 N–H and O–H groups in total. The molecule has 1 aromatic carbocycles. The van der Waals surface area contributed by atoms with Crippen molar-refractivity contribution < 1.29 is 38.8 Å². The van der Waals surface area contributed by atoms with Crippen LogP contribution >= 0.6 is 0 Å². The smallest absolute Gasteiger partial charge is 0.330 e. The van der Waals surface area contributed by atoms with Crippen LogP contribution in [0.4, 0.5) is 0 Å². The van der Waals surface area contributed by atoms with Gasteiger partial charge in [-0.3, -0.25) is 9.59 Å². The fourth-order valence-corrected chi connectivity index (χ4v) is 8.01. The van der Waals surface area contributed by atoms with Gasteiger partial charge in [0, 0.05) is 29.4 Å². The molecule has 5 unspecified atom stereocenters. The molecular formula is C33H38O8. The van der Waals surface area contributed by atoms with E-state index in [1.165, 1.54) is 13.0 Å². The van der Waals surface area contributed by atoms with E-state index in [1.807, 2.05) is 53.7 Å². The van der Waals surface area contributed by atoms with Crippen molar-refractivity contribution >= 4 is 23.6 Å². The van der Waals surface area contributed by atoms with Crippen molar-refractivity contribution in [2.24, 2.45) is 17.8 Å². The summed E-state index contributed by atoms with van der Waals surface area (Å²) in [4.78, 5) is 40.5. The number of hydrogen-bond donors (Lipinski definition) is 2. The third-order valence-corrected chi connectivity index (χ3v) is 9.86. The average Bonchev–Trinajstić information content (AvgIpc) is 3.03. The molecule has 8 heteroatoms. The Morgan fingerprint density at radius 1 is 1.05 bits per heavy atom. The Morgan fingerprint density at radius 3 is 2.41 bits per heavy atom. The standard InChI is InChI=1S/C33H38O8/c1-16(2)8-9-20-26-19(11-12-30(4,5)39-26)24(34)23-25(35)21-14-18-15-22-31(6,7)41-32(28(18)36,13-10-17(3)29(37)38)33(21,22)40-27(20)23/h8,10-12,18,21-22,34H,9,13-15H2,1-7H3,(H,37,38)/b17-10-. The van der Waals surface area contributed by atoms with Crippen molar-refractivity contribution in [1.82, 2.24) is 0 Å². The van der Waals surface area contributed by atoms with Gasteiger partial charge in [0.25, 0.3) is 0 Å². The highest BCUT2D eigenvalue weighted by atomic mass is 16.6. The van der Waals surface area contributed by atoms with Gasteiger partial charge in [0.15, 0.2) is 22.8 Å². The zero-order valence-corrected chi connectivity index (χ0v) is 24.7. The predicted molar refractivity (Wildman–Crippen MR) is 151 cm³/mol. The lowest BCUT2D eigenvalue weighted by Crippen LogP contribution is -2.76. The topological polar surface area (TPSA) is 119 Å². The number of fused-ring (bicyclic) bond motifs is 2. The van der Waals surface area contributed by atoms with Gasteiger partial charge in [-0.05, 0) is 79.9 Å². The van der Waals surface area contributed by atoms with Crippen LogP contribution in [-0.2, 0) is 20.7 Å². The number of phenolic OH excluding ortho intramolecular Hbond substituents is 1. The first-order valence-corrected chi connectivity index (χ1v) is 14.4.